The fourth-order valence-electron chi connectivity index (χ4n) is 0. The highest BCUT2D eigenvalue weighted by Gasteiger charge is 2.02. The lowest BCUT2D eigenvalue weighted by Gasteiger charge is -1.87. The normalized spacial score (nSPS) is 11.0. The fourth-order valence-corrected chi connectivity index (χ4v) is 0. The summed E-state index contributed by atoms with van der Waals surface area (Å²) in [5, 5.41) is 0. The Morgan fingerprint density at radius 2 is 0.458 bits per heavy atom. The van der Waals surface area contributed by atoms with Crippen LogP contribution in [0.15, 0.2) is 49.6 Å². The molecule has 0 aliphatic heterocycles. The quantitative estimate of drug-likeness (QED) is 0.293. The van der Waals surface area contributed by atoms with Gasteiger partial charge in [-0.25, -0.2) is 0 Å². The second-order valence-electron chi connectivity index (χ2n) is 3.09. The summed E-state index contributed by atoms with van der Waals surface area (Å²) in [5.74, 6) is 2.42. The third-order valence-electron chi connectivity index (χ3n) is 0.951. The summed E-state index contributed by atoms with van der Waals surface area (Å²) in [5.41, 5.74) is 0. The van der Waals surface area contributed by atoms with Crippen molar-refractivity contribution in [3.05, 3.63) is 49.6 Å². The SMILES string of the molecule is C=CP(=O)(O)O.C=CP(=O)(O)O.C=CP(=O)(O)O.C=CP(=O)(O)O. The minimum absolute atomic E-state index is 0.604. The van der Waals surface area contributed by atoms with Gasteiger partial charge in [0.1, 0.15) is 0 Å². The zero-order chi connectivity index (χ0) is 20.8. The molecule has 0 aromatic carbocycles. The van der Waals surface area contributed by atoms with Gasteiger partial charge in [0, 0.05) is 23.3 Å². The molecule has 8 N–H and O–H groups in total. The van der Waals surface area contributed by atoms with Crippen molar-refractivity contribution in [1.82, 2.24) is 0 Å². The molecular formula is C8H20O12P4. The third-order valence-corrected chi connectivity index (χ3v) is 2.85. The zero-order valence-corrected chi connectivity index (χ0v) is 15.7. The van der Waals surface area contributed by atoms with E-state index in [4.69, 9.17) is 39.1 Å². The first-order valence-electron chi connectivity index (χ1n) is 5.00. The molecule has 0 saturated heterocycles. The monoisotopic (exact) mass is 432 g/mol. The average molecular weight is 432 g/mol. The van der Waals surface area contributed by atoms with Gasteiger partial charge in [-0.05, 0) is 0 Å². The molecule has 0 bridgehead atoms. The lowest BCUT2D eigenvalue weighted by molar-refractivity contribution is 0.384. The van der Waals surface area contributed by atoms with Crippen molar-refractivity contribution in [2.45, 2.75) is 0 Å². The molecule has 0 unspecified atom stereocenters. The van der Waals surface area contributed by atoms with Gasteiger partial charge in [0.2, 0.25) is 0 Å². The summed E-state index contributed by atoms with van der Waals surface area (Å²) in [6.45, 7) is 11.5. The van der Waals surface area contributed by atoms with Crippen LogP contribution in [0.3, 0.4) is 0 Å². The zero-order valence-electron chi connectivity index (χ0n) is 12.1. The molecule has 144 valence electrons. The van der Waals surface area contributed by atoms with E-state index in [1.54, 1.807) is 0 Å². The molecule has 0 saturated carbocycles. The van der Waals surface area contributed by atoms with Gasteiger partial charge < -0.3 is 39.1 Å². The van der Waals surface area contributed by atoms with E-state index in [0.717, 1.165) is 0 Å². The van der Waals surface area contributed by atoms with Crippen molar-refractivity contribution in [2.24, 2.45) is 0 Å². The molecule has 12 nitrogen and oxygen atoms in total. The van der Waals surface area contributed by atoms with Crippen LogP contribution in [-0.2, 0) is 18.3 Å². The van der Waals surface area contributed by atoms with Crippen LogP contribution in [0.1, 0.15) is 0 Å². The van der Waals surface area contributed by atoms with E-state index in [-0.39, 0.29) is 0 Å². The Hall–Kier alpha value is -0.440. The molecule has 0 aliphatic rings. The molecule has 0 aromatic rings. The van der Waals surface area contributed by atoms with Gasteiger partial charge in [0.05, 0.1) is 0 Å². The smallest absolute Gasteiger partial charge is 0.321 e. The van der Waals surface area contributed by atoms with Gasteiger partial charge in [-0.2, -0.15) is 0 Å². The Kier molecular flexibility index (Phi) is 18.0. The Morgan fingerprint density at radius 1 is 0.417 bits per heavy atom. The molecule has 0 rings (SSSR count). The molecule has 0 aliphatic carbocycles. The van der Waals surface area contributed by atoms with Gasteiger partial charge in [0.25, 0.3) is 0 Å². The molecular weight excluding hydrogens is 412 g/mol. The van der Waals surface area contributed by atoms with Gasteiger partial charge >= 0.3 is 30.4 Å². The van der Waals surface area contributed by atoms with E-state index in [1.807, 2.05) is 0 Å². The maximum absolute atomic E-state index is 9.58. The molecule has 0 spiro atoms. The first kappa shape index (κ1) is 31.3. The highest BCUT2D eigenvalue weighted by atomic mass is 31.2. The van der Waals surface area contributed by atoms with Crippen LogP contribution < -0.4 is 0 Å². The van der Waals surface area contributed by atoms with Gasteiger partial charge in [0.15, 0.2) is 0 Å². The number of hydrogen-bond acceptors (Lipinski definition) is 4. The van der Waals surface area contributed by atoms with Gasteiger partial charge in [-0.1, -0.05) is 26.3 Å². The average Bonchev–Trinajstić information content (AvgIpc) is 2.37. The number of rotatable bonds is 4. The van der Waals surface area contributed by atoms with Crippen molar-refractivity contribution in [1.29, 1.82) is 0 Å². The first-order valence-corrected chi connectivity index (χ1v) is 11.7. The third kappa shape index (κ3) is 68.2. The van der Waals surface area contributed by atoms with Crippen LogP contribution >= 0.6 is 30.4 Å². The van der Waals surface area contributed by atoms with E-state index < -0.39 is 30.4 Å². The Morgan fingerprint density at radius 3 is 0.458 bits per heavy atom. The van der Waals surface area contributed by atoms with Crippen LogP contribution in [0.2, 0.25) is 0 Å². The van der Waals surface area contributed by atoms with Crippen LogP contribution in [0.4, 0.5) is 0 Å². The predicted molar refractivity (Wildman–Crippen MR) is 89.0 cm³/mol. The Bertz CT molecular complexity index is 468. The molecule has 0 aromatic heterocycles. The Balaban J connectivity index is -0.000000111. The summed E-state index contributed by atoms with van der Waals surface area (Å²) in [6, 6.07) is 0. The summed E-state index contributed by atoms with van der Waals surface area (Å²) in [4.78, 5) is 62.6. The Labute approximate surface area is 138 Å². The minimum Gasteiger partial charge on any atom is -0.321 e. The molecule has 0 atom stereocenters. The van der Waals surface area contributed by atoms with Crippen molar-refractivity contribution >= 4 is 30.4 Å². The molecule has 0 amide bonds. The summed E-state index contributed by atoms with van der Waals surface area (Å²) < 4.78 is 38.3. The van der Waals surface area contributed by atoms with Crippen LogP contribution in [0.5, 0.6) is 0 Å². The van der Waals surface area contributed by atoms with Gasteiger partial charge in [-0.15, -0.1) is 0 Å². The summed E-state index contributed by atoms with van der Waals surface area (Å²) in [6.07, 6.45) is 0. The van der Waals surface area contributed by atoms with Crippen molar-refractivity contribution in [2.75, 3.05) is 0 Å². The van der Waals surface area contributed by atoms with Gasteiger partial charge in [-0.3, -0.25) is 18.3 Å². The first-order chi connectivity index (χ1) is 10.2. The van der Waals surface area contributed by atoms with Crippen molar-refractivity contribution < 1.29 is 57.4 Å². The minimum atomic E-state index is -3.88. The van der Waals surface area contributed by atoms with E-state index in [9.17, 15) is 18.3 Å². The molecule has 16 heteroatoms. The second kappa shape index (κ2) is 13.8. The van der Waals surface area contributed by atoms with Crippen LogP contribution in [0.25, 0.3) is 0 Å². The topological polar surface area (TPSA) is 230 Å². The molecule has 0 heterocycles. The fraction of sp³-hybridized carbons (Fsp3) is 0. The predicted octanol–water partition coefficient (Wildman–Crippen LogP) is 1.23. The van der Waals surface area contributed by atoms with E-state index in [0.29, 0.717) is 23.3 Å². The van der Waals surface area contributed by atoms with Crippen LogP contribution in [0, 0.1) is 0 Å². The lowest BCUT2D eigenvalue weighted by Crippen LogP contribution is -1.63. The van der Waals surface area contributed by atoms with E-state index in [2.05, 4.69) is 26.3 Å². The standard InChI is InChI=1S/4C2H5O3P/c4*1-2-6(3,4)5/h4*2H,1H2,(H2,3,4,5). The summed E-state index contributed by atoms with van der Waals surface area (Å²) >= 11 is 0. The lowest BCUT2D eigenvalue weighted by atomic mass is 11.3. The highest BCUT2D eigenvalue weighted by Crippen LogP contribution is 2.35. The summed E-state index contributed by atoms with van der Waals surface area (Å²) in [7, 11) is -15.5. The van der Waals surface area contributed by atoms with Crippen LogP contribution in [-0.4, -0.2) is 39.1 Å². The van der Waals surface area contributed by atoms with Crippen molar-refractivity contribution in [3.63, 3.8) is 0 Å². The largest absolute Gasteiger partial charge is 0.348 e. The maximum Gasteiger partial charge on any atom is 0.348 e. The van der Waals surface area contributed by atoms with Crippen molar-refractivity contribution in [3.8, 4) is 0 Å². The molecule has 24 heavy (non-hydrogen) atoms. The van der Waals surface area contributed by atoms with E-state index >= 15 is 0 Å². The highest BCUT2D eigenvalue weighted by molar-refractivity contribution is 7.55. The maximum atomic E-state index is 9.58. The second-order valence-corrected chi connectivity index (χ2v) is 9.26. The molecule has 0 radical (unpaired) electrons. The molecule has 0 fully saturated rings. The number of hydrogen-bond donors (Lipinski definition) is 8. The van der Waals surface area contributed by atoms with E-state index in [1.165, 1.54) is 0 Å².